The molecule has 0 bridgehead atoms. The Hall–Kier alpha value is -1.39. The molecule has 0 aliphatic carbocycles. The Labute approximate surface area is 120 Å². The quantitative estimate of drug-likeness (QED) is 0.566. The van der Waals surface area contributed by atoms with Gasteiger partial charge in [-0.3, -0.25) is 4.79 Å². The zero-order chi connectivity index (χ0) is 15.0. The van der Waals surface area contributed by atoms with Crippen LogP contribution in [0, 0.1) is 0 Å². The molecule has 0 aromatic heterocycles. The van der Waals surface area contributed by atoms with E-state index in [1.54, 1.807) is 0 Å². The fraction of sp³-hybridized carbons (Fsp3) is 0.562. The maximum absolute atomic E-state index is 11.5. The number of unbranched alkanes of at least 4 members (excludes halogenated alkanes) is 2. The predicted molar refractivity (Wildman–Crippen MR) is 79.4 cm³/mol. The summed E-state index contributed by atoms with van der Waals surface area (Å²) in [5.74, 6) is -0.532. The van der Waals surface area contributed by atoms with Gasteiger partial charge in [0.05, 0.1) is 19.1 Å². The van der Waals surface area contributed by atoms with E-state index in [4.69, 9.17) is 10.5 Å². The Morgan fingerprint density at radius 1 is 1.20 bits per heavy atom. The van der Waals surface area contributed by atoms with Crippen molar-refractivity contribution in [1.82, 2.24) is 0 Å². The molecular weight excluding hydrogens is 254 g/mol. The molecule has 0 saturated carbocycles. The predicted octanol–water partition coefficient (Wildman–Crippen LogP) is 2.52. The number of carbonyl (C=O) groups is 1. The molecule has 1 aromatic carbocycles. The Bertz CT molecular complexity index is 403. The molecule has 0 spiro atoms. The second kappa shape index (κ2) is 8.72. The van der Waals surface area contributed by atoms with E-state index in [1.165, 1.54) is 7.11 Å². The highest BCUT2D eigenvalue weighted by molar-refractivity contribution is 5.77. The highest BCUT2D eigenvalue weighted by atomic mass is 16.5. The molecule has 2 atom stereocenters. The van der Waals surface area contributed by atoms with Crippen LogP contribution in [-0.4, -0.2) is 24.7 Å². The van der Waals surface area contributed by atoms with Crippen LogP contribution in [0.15, 0.2) is 24.3 Å². The first-order chi connectivity index (χ1) is 9.60. The van der Waals surface area contributed by atoms with Gasteiger partial charge < -0.3 is 15.6 Å². The fourth-order valence-electron chi connectivity index (χ4n) is 2.15. The molecule has 3 N–H and O–H groups in total. The van der Waals surface area contributed by atoms with Crippen molar-refractivity contribution >= 4 is 5.97 Å². The molecule has 0 heterocycles. The third-order valence-electron chi connectivity index (χ3n) is 3.56. The zero-order valence-corrected chi connectivity index (χ0v) is 12.3. The molecule has 1 aromatic rings. The first kappa shape index (κ1) is 16.7. The summed E-state index contributed by atoms with van der Waals surface area (Å²) < 4.78 is 4.72. The van der Waals surface area contributed by atoms with Gasteiger partial charge in [-0.05, 0) is 37.4 Å². The average Bonchev–Trinajstić information content (AvgIpc) is 2.50. The SMILES string of the molecule is COC(=O)C(C)c1ccc(C(O)CCCCCN)cc1. The number of carbonyl (C=O) groups excluding carboxylic acids is 1. The third kappa shape index (κ3) is 4.94. The molecule has 0 saturated heterocycles. The second-order valence-electron chi connectivity index (χ2n) is 5.07. The first-order valence-corrected chi connectivity index (χ1v) is 7.16. The summed E-state index contributed by atoms with van der Waals surface area (Å²) in [6, 6.07) is 7.50. The smallest absolute Gasteiger partial charge is 0.312 e. The van der Waals surface area contributed by atoms with Gasteiger partial charge in [0.1, 0.15) is 0 Å². The van der Waals surface area contributed by atoms with E-state index in [9.17, 15) is 9.90 Å². The lowest BCUT2D eigenvalue weighted by Gasteiger charge is -2.13. The van der Waals surface area contributed by atoms with Gasteiger partial charge in [0.2, 0.25) is 0 Å². The number of hydrogen-bond donors (Lipinski definition) is 2. The normalized spacial score (nSPS) is 13.8. The van der Waals surface area contributed by atoms with Crippen LogP contribution < -0.4 is 5.73 Å². The van der Waals surface area contributed by atoms with E-state index in [2.05, 4.69) is 0 Å². The first-order valence-electron chi connectivity index (χ1n) is 7.16. The number of ether oxygens (including phenoxy) is 1. The summed E-state index contributed by atoms with van der Waals surface area (Å²) in [6.45, 7) is 2.51. The van der Waals surface area contributed by atoms with Crippen molar-refractivity contribution < 1.29 is 14.6 Å². The van der Waals surface area contributed by atoms with Gasteiger partial charge in [-0.2, -0.15) is 0 Å². The molecule has 0 radical (unpaired) electrons. The maximum atomic E-state index is 11.5. The van der Waals surface area contributed by atoms with Gasteiger partial charge in [0.15, 0.2) is 0 Å². The Kier molecular flexibility index (Phi) is 7.26. The monoisotopic (exact) mass is 279 g/mol. The van der Waals surface area contributed by atoms with E-state index in [0.717, 1.165) is 36.8 Å². The summed E-state index contributed by atoms with van der Waals surface area (Å²) in [5.41, 5.74) is 7.22. The Balaban J connectivity index is 2.55. The van der Waals surface area contributed by atoms with Crippen LogP contribution in [0.3, 0.4) is 0 Å². The minimum atomic E-state index is -0.449. The third-order valence-corrected chi connectivity index (χ3v) is 3.56. The van der Waals surface area contributed by atoms with E-state index in [0.29, 0.717) is 6.54 Å². The van der Waals surface area contributed by atoms with Crippen molar-refractivity contribution in [1.29, 1.82) is 0 Å². The van der Waals surface area contributed by atoms with Crippen LogP contribution in [0.25, 0.3) is 0 Å². The van der Waals surface area contributed by atoms with Gasteiger partial charge in [-0.15, -0.1) is 0 Å². The Morgan fingerprint density at radius 3 is 2.35 bits per heavy atom. The summed E-state index contributed by atoms with van der Waals surface area (Å²) in [7, 11) is 1.39. The topological polar surface area (TPSA) is 72.5 Å². The lowest BCUT2D eigenvalue weighted by molar-refractivity contribution is -0.141. The van der Waals surface area contributed by atoms with Crippen LogP contribution in [0.2, 0.25) is 0 Å². The fourth-order valence-corrected chi connectivity index (χ4v) is 2.15. The molecule has 4 nitrogen and oxygen atoms in total. The minimum absolute atomic E-state index is 0.250. The van der Waals surface area contributed by atoms with Crippen LogP contribution in [0.5, 0.6) is 0 Å². The van der Waals surface area contributed by atoms with Crippen LogP contribution in [0.1, 0.15) is 55.8 Å². The molecule has 4 heteroatoms. The van der Waals surface area contributed by atoms with Crippen LogP contribution in [-0.2, 0) is 9.53 Å². The molecule has 0 aliphatic heterocycles. The number of benzene rings is 1. The number of hydrogen-bond acceptors (Lipinski definition) is 4. The summed E-state index contributed by atoms with van der Waals surface area (Å²) >= 11 is 0. The standard InChI is InChI=1S/C16H25NO3/c1-12(16(19)20-2)13-7-9-14(10-8-13)15(18)6-4-3-5-11-17/h7-10,12,15,18H,3-6,11,17H2,1-2H3. The molecule has 0 fully saturated rings. The van der Waals surface area contributed by atoms with Gasteiger partial charge in [0, 0.05) is 0 Å². The molecule has 0 amide bonds. The lowest BCUT2D eigenvalue weighted by Crippen LogP contribution is -2.10. The summed E-state index contributed by atoms with van der Waals surface area (Å²) in [6.07, 6.45) is 3.31. The summed E-state index contributed by atoms with van der Waals surface area (Å²) in [5, 5.41) is 10.1. The van der Waals surface area contributed by atoms with Crippen molar-refractivity contribution in [2.24, 2.45) is 5.73 Å². The number of methoxy groups -OCH3 is 1. The molecular formula is C16H25NO3. The highest BCUT2D eigenvalue weighted by Gasteiger charge is 2.16. The highest BCUT2D eigenvalue weighted by Crippen LogP contribution is 2.23. The van der Waals surface area contributed by atoms with Crippen molar-refractivity contribution in [2.45, 2.75) is 44.6 Å². The van der Waals surface area contributed by atoms with Crippen molar-refractivity contribution in [3.8, 4) is 0 Å². The van der Waals surface area contributed by atoms with E-state index < -0.39 is 6.10 Å². The molecule has 1 rings (SSSR count). The molecule has 0 aliphatic rings. The van der Waals surface area contributed by atoms with E-state index in [-0.39, 0.29) is 11.9 Å². The van der Waals surface area contributed by atoms with Crippen LogP contribution >= 0.6 is 0 Å². The van der Waals surface area contributed by atoms with Gasteiger partial charge in [-0.25, -0.2) is 0 Å². The number of rotatable bonds is 8. The van der Waals surface area contributed by atoms with Crippen molar-refractivity contribution in [3.63, 3.8) is 0 Å². The zero-order valence-electron chi connectivity index (χ0n) is 12.3. The van der Waals surface area contributed by atoms with Crippen molar-refractivity contribution in [2.75, 3.05) is 13.7 Å². The van der Waals surface area contributed by atoms with Gasteiger partial charge >= 0.3 is 5.97 Å². The molecule has 2 unspecified atom stereocenters. The average molecular weight is 279 g/mol. The number of aliphatic hydroxyl groups is 1. The Morgan fingerprint density at radius 2 is 1.80 bits per heavy atom. The molecule has 20 heavy (non-hydrogen) atoms. The second-order valence-corrected chi connectivity index (χ2v) is 5.07. The van der Waals surface area contributed by atoms with Crippen LogP contribution in [0.4, 0.5) is 0 Å². The lowest BCUT2D eigenvalue weighted by atomic mass is 9.97. The van der Waals surface area contributed by atoms with Gasteiger partial charge in [0.25, 0.3) is 0 Å². The van der Waals surface area contributed by atoms with E-state index >= 15 is 0 Å². The van der Waals surface area contributed by atoms with Crippen molar-refractivity contribution in [3.05, 3.63) is 35.4 Å². The number of esters is 1. The largest absolute Gasteiger partial charge is 0.469 e. The number of nitrogens with two attached hydrogens (primary N) is 1. The maximum Gasteiger partial charge on any atom is 0.312 e. The minimum Gasteiger partial charge on any atom is -0.469 e. The molecule has 112 valence electrons. The summed E-state index contributed by atoms with van der Waals surface area (Å²) in [4.78, 5) is 11.5. The number of aliphatic hydroxyl groups excluding tert-OH is 1. The van der Waals surface area contributed by atoms with E-state index in [1.807, 2.05) is 31.2 Å². The van der Waals surface area contributed by atoms with Gasteiger partial charge in [-0.1, -0.05) is 37.1 Å².